The number of allylic oxidation sites excluding steroid dienone is 6. The fraction of sp³-hybridized carbons (Fsp3) is 0.500. The molecule has 0 aromatic rings. The van der Waals surface area contributed by atoms with Crippen molar-refractivity contribution >= 4 is 17.3 Å². The molecule has 0 aliphatic heterocycles. The van der Waals surface area contributed by atoms with E-state index in [1.54, 1.807) is 0 Å². The molecule has 0 unspecified atom stereocenters. The number of carbonyl (C=O) groups is 3. The summed E-state index contributed by atoms with van der Waals surface area (Å²) in [5.74, 6) is -0.847. The molecule has 0 saturated carbocycles. The quantitative estimate of drug-likeness (QED) is 0.394. The van der Waals surface area contributed by atoms with Gasteiger partial charge in [-0.3, -0.25) is 14.4 Å². The first kappa shape index (κ1) is 31.0. The summed E-state index contributed by atoms with van der Waals surface area (Å²) in [5.41, 5.74) is 0.972. The van der Waals surface area contributed by atoms with Gasteiger partial charge in [0.15, 0.2) is 17.3 Å². The van der Waals surface area contributed by atoms with Crippen molar-refractivity contribution in [3.8, 4) is 0 Å². The SMILES string of the molecule is CC(=O)/C(C)=C(/C)[O-].CC(=O)/C(C)=C(/C)[O-].CC(=O)/C(C)=C(/C)[O-].[Fe+3]. The second-order valence-electron chi connectivity index (χ2n) is 5.21. The Bertz CT molecular complexity index is 475. The second-order valence-corrected chi connectivity index (χ2v) is 5.21. The van der Waals surface area contributed by atoms with Gasteiger partial charge in [0.1, 0.15) is 0 Å². The molecule has 1 radical (unpaired) electrons. The van der Waals surface area contributed by atoms with Crippen LogP contribution in [-0.2, 0) is 31.5 Å². The Morgan fingerprint density at radius 3 is 0.560 bits per heavy atom. The zero-order chi connectivity index (χ0) is 20.2. The fourth-order valence-corrected chi connectivity index (χ4v) is 0.744. The van der Waals surface area contributed by atoms with Crippen molar-refractivity contribution in [2.24, 2.45) is 0 Å². The van der Waals surface area contributed by atoms with Crippen LogP contribution in [0.4, 0.5) is 0 Å². The maximum Gasteiger partial charge on any atom is 3.00 e. The number of ketones is 3. The van der Waals surface area contributed by atoms with E-state index in [9.17, 15) is 29.7 Å². The summed E-state index contributed by atoms with van der Waals surface area (Å²) in [7, 11) is 0. The molecule has 0 heterocycles. The van der Waals surface area contributed by atoms with Crippen LogP contribution in [-0.4, -0.2) is 17.3 Å². The third-order valence-electron chi connectivity index (χ3n) is 3.17. The summed E-state index contributed by atoms with van der Waals surface area (Å²) >= 11 is 0. The molecule has 0 aliphatic carbocycles. The van der Waals surface area contributed by atoms with Gasteiger partial charge in [-0.2, -0.15) is 0 Å². The van der Waals surface area contributed by atoms with Gasteiger partial charge < -0.3 is 15.3 Å². The Kier molecular flexibility index (Phi) is 19.4. The second kappa shape index (κ2) is 15.7. The molecule has 0 N–H and O–H groups in total. The van der Waals surface area contributed by atoms with Crippen molar-refractivity contribution in [3.63, 3.8) is 0 Å². The predicted octanol–water partition coefficient (Wildman–Crippen LogP) is 0.686. The molecule has 143 valence electrons. The number of Topliss-reactive ketones (excluding diaryl/α,β-unsaturated/α-hetero) is 3. The molecule has 0 saturated heterocycles. The molecule has 0 spiro atoms. The van der Waals surface area contributed by atoms with Crippen molar-refractivity contribution in [3.05, 3.63) is 34.0 Å². The molecular weight excluding hydrogens is 368 g/mol. The van der Waals surface area contributed by atoms with Crippen molar-refractivity contribution in [2.75, 3.05) is 0 Å². The largest absolute Gasteiger partial charge is 3.00 e. The van der Waals surface area contributed by atoms with Crippen LogP contribution >= 0.6 is 0 Å². The van der Waals surface area contributed by atoms with Crippen LogP contribution in [0.15, 0.2) is 34.0 Å². The molecule has 0 bridgehead atoms. The average molecular weight is 395 g/mol. The summed E-state index contributed by atoms with van der Waals surface area (Å²) in [6, 6.07) is 0. The molecule has 0 atom stereocenters. The number of hydrogen-bond acceptors (Lipinski definition) is 6. The Morgan fingerprint density at radius 1 is 0.440 bits per heavy atom. The minimum Gasteiger partial charge on any atom is -0.875 e. The van der Waals surface area contributed by atoms with Gasteiger partial charge in [-0.05, 0) is 58.3 Å². The van der Waals surface area contributed by atoms with E-state index in [0.717, 1.165) is 0 Å². The van der Waals surface area contributed by atoms with E-state index in [-0.39, 0.29) is 51.7 Å². The monoisotopic (exact) mass is 395 g/mol. The average Bonchev–Trinajstić information content (AvgIpc) is 2.45. The van der Waals surface area contributed by atoms with Gasteiger partial charge in [0.05, 0.1) is 0 Å². The molecule has 0 rings (SSSR count). The van der Waals surface area contributed by atoms with Crippen LogP contribution in [0, 0.1) is 0 Å². The van der Waals surface area contributed by atoms with Crippen LogP contribution in [0.25, 0.3) is 0 Å². The fourth-order valence-electron chi connectivity index (χ4n) is 0.744. The zero-order valence-electron chi connectivity index (χ0n) is 16.3. The van der Waals surface area contributed by atoms with E-state index in [2.05, 4.69) is 0 Å². The van der Waals surface area contributed by atoms with E-state index in [4.69, 9.17) is 0 Å². The minimum absolute atomic E-state index is 0. The van der Waals surface area contributed by atoms with E-state index >= 15 is 0 Å². The summed E-state index contributed by atoms with van der Waals surface area (Å²) in [6.07, 6.45) is 0. The van der Waals surface area contributed by atoms with E-state index in [1.165, 1.54) is 62.3 Å². The van der Waals surface area contributed by atoms with Crippen LogP contribution in [0.3, 0.4) is 0 Å². The van der Waals surface area contributed by atoms with Crippen LogP contribution in [0.1, 0.15) is 62.3 Å². The number of carbonyl (C=O) groups excluding carboxylic acids is 3. The molecule has 0 aromatic heterocycles. The molecular formula is C18H27FeO6. The van der Waals surface area contributed by atoms with Crippen molar-refractivity contribution < 1.29 is 46.8 Å². The first-order valence-electron chi connectivity index (χ1n) is 7.22. The van der Waals surface area contributed by atoms with Gasteiger partial charge in [0, 0.05) is 0 Å². The van der Waals surface area contributed by atoms with Crippen molar-refractivity contribution in [2.45, 2.75) is 62.3 Å². The van der Waals surface area contributed by atoms with Crippen molar-refractivity contribution in [1.82, 2.24) is 0 Å². The van der Waals surface area contributed by atoms with Gasteiger partial charge in [0.2, 0.25) is 0 Å². The normalized spacial score (nSPS) is 12.4. The van der Waals surface area contributed by atoms with E-state index < -0.39 is 0 Å². The standard InChI is InChI=1S/3C6H10O2.Fe/c3*1-4(5(2)7)6(3)8;/h3*7H,1-3H3;/q;;;+3/p-3/b3*5-4-;. The van der Waals surface area contributed by atoms with Crippen molar-refractivity contribution in [1.29, 1.82) is 0 Å². The van der Waals surface area contributed by atoms with Gasteiger partial charge in [-0.15, -0.1) is 17.3 Å². The maximum absolute atomic E-state index is 10.3. The maximum atomic E-state index is 10.3. The molecule has 0 aliphatic rings. The zero-order valence-corrected chi connectivity index (χ0v) is 17.4. The Morgan fingerprint density at radius 2 is 0.560 bits per heavy atom. The molecule has 0 aromatic carbocycles. The van der Waals surface area contributed by atoms with Crippen LogP contribution in [0.5, 0.6) is 0 Å². The first-order valence-corrected chi connectivity index (χ1v) is 7.22. The molecule has 0 amide bonds. The van der Waals surface area contributed by atoms with Gasteiger partial charge in [-0.25, -0.2) is 0 Å². The molecule has 25 heavy (non-hydrogen) atoms. The van der Waals surface area contributed by atoms with Gasteiger partial charge in [-0.1, -0.05) is 20.8 Å². The smallest absolute Gasteiger partial charge is 0.875 e. The van der Waals surface area contributed by atoms with Crippen LogP contribution < -0.4 is 15.3 Å². The molecule has 6 nitrogen and oxygen atoms in total. The third-order valence-corrected chi connectivity index (χ3v) is 3.17. The minimum atomic E-state index is -0.141. The Labute approximate surface area is 160 Å². The first-order chi connectivity index (χ1) is 10.7. The Balaban J connectivity index is -0.000000130. The van der Waals surface area contributed by atoms with Gasteiger partial charge in [0.25, 0.3) is 0 Å². The topological polar surface area (TPSA) is 120 Å². The summed E-state index contributed by atoms with van der Waals surface area (Å²) in [4.78, 5) is 31.0. The summed E-state index contributed by atoms with van der Waals surface area (Å²) in [6.45, 7) is 12.9. The van der Waals surface area contributed by atoms with E-state index in [0.29, 0.717) is 16.7 Å². The summed E-state index contributed by atoms with van der Waals surface area (Å²) < 4.78 is 0. The Hall–Kier alpha value is -1.85. The molecule has 7 heteroatoms. The molecule has 0 fully saturated rings. The van der Waals surface area contributed by atoms with E-state index in [1.807, 2.05) is 0 Å². The number of hydrogen-bond donors (Lipinski definition) is 0. The van der Waals surface area contributed by atoms with Crippen LogP contribution in [0.2, 0.25) is 0 Å². The third kappa shape index (κ3) is 18.3. The van der Waals surface area contributed by atoms with Gasteiger partial charge >= 0.3 is 17.1 Å². The number of rotatable bonds is 3. The predicted molar refractivity (Wildman–Crippen MR) is 87.2 cm³/mol. The summed E-state index contributed by atoms with van der Waals surface area (Å²) in [5, 5.41) is 31.0.